The highest BCUT2D eigenvalue weighted by Crippen LogP contribution is 2.23. The number of hydrogen-bond acceptors (Lipinski definition) is 5. The second-order valence-corrected chi connectivity index (χ2v) is 11.6. The average molecular weight is 355 g/mol. The van der Waals surface area contributed by atoms with E-state index in [1.165, 1.54) is 0 Å². The van der Waals surface area contributed by atoms with Gasteiger partial charge in [0.15, 0.2) is 9.84 Å². The van der Waals surface area contributed by atoms with E-state index in [1.54, 1.807) is 18.2 Å². The molecule has 1 unspecified atom stereocenters. The largest absolute Gasteiger partial charge is 0.305 e. The van der Waals surface area contributed by atoms with Crippen LogP contribution in [-0.2, 0) is 19.9 Å². The third kappa shape index (κ3) is 4.91. The van der Waals surface area contributed by atoms with Crippen molar-refractivity contribution in [3.63, 3.8) is 0 Å². The molecule has 1 atom stereocenters. The van der Waals surface area contributed by atoms with Crippen molar-refractivity contribution in [1.82, 2.24) is 9.21 Å². The lowest BCUT2D eigenvalue weighted by Gasteiger charge is -2.30. The van der Waals surface area contributed by atoms with Crippen molar-refractivity contribution < 1.29 is 16.8 Å². The van der Waals surface area contributed by atoms with Crippen LogP contribution in [-0.4, -0.2) is 75.5 Å². The topological polar surface area (TPSA) is 74.8 Å². The van der Waals surface area contributed by atoms with Gasteiger partial charge in [0.2, 0.25) is 10.0 Å². The highest BCUT2D eigenvalue weighted by Gasteiger charge is 2.36. The standard InChI is InChI=1S/C14H30N2O4S2/c1-6-13-12-15(4)9-7-10-16(13)22(19,20)11-8-14(2,3)21(5,17)18/h13H,6-12H2,1-5H3. The Hall–Kier alpha value is -0.180. The van der Waals surface area contributed by atoms with Crippen molar-refractivity contribution >= 4 is 19.9 Å². The Balaban J connectivity index is 2.88. The van der Waals surface area contributed by atoms with Crippen LogP contribution in [0.1, 0.15) is 40.0 Å². The van der Waals surface area contributed by atoms with E-state index in [4.69, 9.17) is 0 Å². The van der Waals surface area contributed by atoms with Gasteiger partial charge in [-0.25, -0.2) is 16.8 Å². The highest BCUT2D eigenvalue weighted by atomic mass is 32.2. The zero-order valence-corrected chi connectivity index (χ0v) is 16.0. The predicted octanol–water partition coefficient (Wildman–Crippen LogP) is 0.946. The third-order valence-electron chi connectivity index (χ3n) is 4.64. The molecule has 0 amide bonds. The summed E-state index contributed by atoms with van der Waals surface area (Å²) in [5.41, 5.74) is 0. The summed E-state index contributed by atoms with van der Waals surface area (Å²) in [7, 11) is -4.72. The zero-order valence-electron chi connectivity index (χ0n) is 14.4. The van der Waals surface area contributed by atoms with Crippen LogP contribution >= 0.6 is 0 Å². The summed E-state index contributed by atoms with van der Waals surface area (Å²) in [6, 6.07) is -0.0288. The van der Waals surface area contributed by atoms with Crippen molar-refractivity contribution in [3.05, 3.63) is 0 Å². The average Bonchev–Trinajstić information content (AvgIpc) is 2.57. The molecule has 6 nitrogen and oxygen atoms in total. The first kappa shape index (κ1) is 19.9. The van der Waals surface area contributed by atoms with Crippen LogP contribution in [0.2, 0.25) is 0 Å². The van der Waals surface area contributed by atoms with Gasteiger partial charge in [0.25, 0.3) is 0 Å². The molecule has 8 heteroatoms. The normalized spacial score (nSPS) is 23.4. The number of nitrogens with zero attached hydrogens (tertiary/aromatic N) is 2. The van der Waals surface area contributed by atoms with E-state index in [0.717, 1.165) is 32.2 Å². The Morgan fingerprint density at radius 1 is 1.14 bits per heavy atom. The number of sulfonamides is 1. The van der Waals surface area contributed by atoms with Gasteiger partial charge < -0.3 is 4.90 Å². The van der Waals surface area contributed by atoms with Crippen LogP contribution in [0.3, 0.4) is 0 Å². The van der Waals surface area contributed by atoms with E-state index in [1.807, 2.05) is 14.0 Å². The summed E-state index contributed by atoms with van der Waals surface area (Å²) in [5, 5.41) is 0. The number of likely N-dealkylation sites (N-methyl/N-ethyl adjacent to an activating group) is 1. The summed E-state index contributed by atoms with van der Waals surface area (Å²) in [5.74, 6) is -0.118. The fraction of sp³-hybridized carbons (Fsp3) is 1.00. The summed E-state index contributed by atoms with van der Waals surface area (Å²) in [6.07, 6.45) is 2.85. The van der Waals surface area contributed by atoms with E-state index in [2.05, 4.69) is 4.90 Å². The van der Waals surface area contributed by atoms with Crippen molar-refractivity contribution in [2.24, 2.45) is 0 Å². The maximum Gasteiger partial charge on any atom is 0.214 e. The van der Waals surface area contributed by atoms with Gasteiger partial charge in [-0.1, -0.05) is 6.92 Å². The first-order chi connectivity index (χ1) is 9.90. The monoisotopic (exact) mass is 354 g/mol. The zero-order chi connectivity index (χ0) is 17.2. The summed E-state index contributed by atoms with van der Waals surface area (Å²) in [6.45, 7) is 7.30. The molecule has 0 aromatic rings. The quantitative estimate of drug-likeness (QED) is 0.710. The first-order valence-electron chi connectivity index (χ1n) is 7.78. The van der Waals surface area contributed by atoms with Crippen molar-refractivity contribution in [2.75, 3.05) is 38.7 Å². The predicted molar refractivity (Wildman–Crippen MR) is 90.2 cm³/mol. The van der Waals surface area contributed by atoms with Crippen LogP contribution in [0.15, 0.2) is 0 Å². The van der Waals surface area contributed by atoms with Crippen molar-refractivity contribution in [2.45, 2.75) is 50.8 Å². The molecule has 1 fully saturated rings. The molecular formula is C14H30N2O4S2. The fourth-order valence-corrected chi connectivity index (χ4v) is 5.28. The Bertz CT molecular complexity index is 570. The Morgan fingerprint density at radius 2 is 1.73 bits per heavy atom. The van der Waals surface area contributed by atoms with E-state index < -0.39 is 24.6 Å². The van der Waals surface area contributed by atoms with E-state index in [0.29, 0.717) is 6.54 Å². The molecular weight excluding hydrogens is 324 g/mol. The minimum atomic E-state index is -3.44. The minimum Gasteiger partial charge on any atom is -0.305 e. The minimum absolute atomic E-state index is 0.0288. The molecule has 1 heterocycles. The lowest BCUT2D eigenvalue weighted by Crippen LogP contribution is -2.45. The van der Waals surface area contributed by atoms with Crippen LogP contribution < -0.4 is 0 Å². The Labute approximate surface area is 135 Å². The number of hydrogen-bond donors (Lipinski definition) is 0. The molecule has 1 aliphatic heterocycles. The fourth-order valence-electron chi connectivity index (χ4n) is 2.60. The van der Waals surface area contributed by atoms with Crippen LogP contribution in [0, 0.1) is 0 Å². The molecule has 132 valence electrons. The van der Waals surface area contributed by atoms with Crippen LogP contribution in [0.4, 0.5) is 0 Å². The van der Waals surface area contributed by atoms with Gasteiger partial charge in [-0.15, -0.1) is 0 Å². The second kappa shape index (κ2) is 7.15. The smallest absolute Gasteiger partial charge is 0.214 e. The molecule has 0 bridgehead atoms. The van der Waals surface area contributed by atoms with E-state index in [9.17, 15) is 16.8 Å². The maximum atomic E-state index is 12.7. The Morgan fingerprint density at radius 3 is 2.23 bits per heavy atom. The molecule has 0 radical (unpaired) electrons. The molecule has 0 aliphatic carbocycles. The maximum absolute atomic E-state index is 12.7. The molecule has 1 aliphatic rings. The van der Waals surface area contributed by atoms with Crippen LogP contribution in [0.25, 0.3) is 0 Å². The second-order valence-electron chi connectivity index (χ2n) is 6.89. The molecule has 0 spiro atoms. The van der Waals surface area contributed by atoms with E-state index >= 15 is 0 Å². The van der Waals surface area contributed by atoms with Gasteiger partial charge in [-0.05, 0) is 46.7 Å². The number of rotatable bonds is 6. The molecule has 22 heavy (non-hydrogen) atoms. The number of sulfone groups is 1. The lowest BCUT2D eigenvalue weighted by molar-refractivity contribution is 0.270. The van der Waals surface area contributed by atoms with Crippen molar-refractivity contribution in [1.29, 1.82) is 0 Å². The van der Waals surface area contributed by atoms with E-state index in [-0.39, 0.29) is 18.2 Å². The first-order valence-corrected chi connectivity index (χ1v) is 11.3. The van der Waals surface area contributed by atoms with Gasteiger partial charge in [0.05, 0.1) is 10.5 Å². The van der Waals surface area contributed by atoms with Crippen LogP contribution in [0.5, 0.6) is 0 Å². The van der Waals surface area contributed by atoms with Gasteiger partial charge in [-0.2, -0.15) is 4.31 Å². The van der Waals surface area contributed by atoms with Gasteiger partial charge >= 0.3 is 0 Å². The summed E-state index contributed by atoms with van der Waals surface area (Å²) < 4.78 is 49.5. The molecule has 1 rings (SSSR count). The van der Waals surface area contributed by atoms with Gasteiger partial charge in [0, 0.05) is 25.4 Å². The van der Waals surface area contributed by atoms with Crippen molar-refractivity contribution in [3.8, 4) is 0 Å². The van der Waals surface area contributed by atoms with Gasteiger partial charge in [-0.3, -0.25) is 0 Å². The SMILES string of the molecule is CCC1CN(C)CCCN1S(=O)(=O)CCC(C)(C)S(C)(=O)=O. The summed E-state index contributed by atoms with van der Waals surface area (Å²) in [4.78, 5) is 2.16. The molecule has 0 aromatic carbocycles. The molecule has 1 saturated heterocycles. The highest BCUT2D eigenvalue weighted by molar-refractivity contribution is 7.92. The summed E-state index contributed by atoms with van der Waals surface area (Å²) >= 11 is 0. The molecule has 0 saturated carbocycles. The molecule has 0 aromatic heterocycles. The third-order valence-corrected chi connectivity index (χ3v) is 8.77. The lowest BCUT2D eigenvalue weighted by atomic mass is 10.1. The Kier molecular flexibility index (Phi) is 6.46. The van der Waals surface area contributed by atoms with Gasteiger partial charge in [0.1, 0.15) is 0 Å². The molecule has 0 N–H and O–H groups in total.